The Morgan fingerprint density at radius 1 is 1.11 bits per heavy atom. The third kappa shape index (κ3) is 2.82. The Hall–Kier alpha value is -2.56. The summed E-state index contributed by atoms with van der Waals surface area (Å²) in [7, 11) is 3.51. The summed E-state index contributed by atoms with van der Waals surface area (Å²) < 4.78 is 5.18. The average Bonchev–Trinajstić information content (AvgIpc) is 2.46. The van der Waals surface area contributed by atoms with Gasteiger partial charge in [-0.25, -0.2) is 0 Å². The fourth-order valence-corrected chi connectivity index (χ4v) is 1.77. The molecule has 5 heteroatoms. The van der Waals surface area contributed by atoms with Crippen LogP contribution in [-0.2, 0) is 0 Å². The van der Waals surface area contributed by atoms with Gasteiger partial charge in [-0.2, -0.15) is 0 Å². The fourth-order valence-electron chi connectivity index (χ4n) is 1.77. The van der Waals surface area contributed by atoms with Gasteiger partial charge in [0.2, 0.25) is 0 Å². The highest BCUT2D eigenvalue weighted by Gasteiger charge is 2.08. The van der Waals surface area contributed by atoms with E-state index in [1.807, 2.05) is 36.2 Å². The minimum absolute atomic E-state index is 0.0859. The van der Waals surface area contributed by atoms with E-state index in [-0.39, 0.29) is 5.69 Å². The maximum absolute atomic E-state index is 10.6. The zero-order chi connectivity index (χ0) is 13.8. The number of benzene rings is 2. The molecule has 0 unspecified atom stereocenters. The van der Waals surface area contributed by atoms with Gasteiger partial charge in [0.25, 0.3) is 5.69 Å². The first-order chi connectivity index (χ1) is 9.11. The topological polar surface area (TPSA) is 55.6 Å². The van der Waals surface area contributed by atoms with Crippen LogP contribution in [0.1, 0.15) is 0 Å². The summed E-state index contributed by atoms with van der Waals surface area (Å²) in [6.45, 7) is 0. The minimum Gasteiger partial charge on any atom is -0.497 e. The molecule has 0 atom stereocenters. The van der Waals surface area contributed by atoms with Gasteiger partial charge in [-0.1, -0.05) is 6.07 Å². The maximum Gasteiger partial charge on any atom is 0.269 e. The lowest BCUT2D eigenvalue weighted by Crippen LogP contribution is -2.09. The van der Waals surface area contributed by atoms with Crippen molar-refractivity contribution in [3.05, 3.63) is 58.6 Å². The number of rotatable bonds is 4. The third-order valence-electron chi connectivity index (χ3n) is 2.89. The van der Waals surface area contributed by atoms with Crippen LogP contribution in [0, 0.1) is 10.1 Å². The molecule has 98 valence electrons. The summed E-state index contributed by atoms with van der Waals surface area (Å²) in [5.41, 5.74) is 1.91. The van der Waals surface area contributed by atoms with E-state index in [1.165, 1.54) is 12.1 Å². The zero-order valence-corrected chi connectivity index (χ0v) is 10.7. The number of nitrogens with zero attached hydrogens (tertiary/aromatic N) is 2. The predicted molar refractivity (Wildman–Crippen MR) is 74.2 cm³/mol. The van der Waals surface area contributed by atoms with Crippen molar-refractivity contribution in [2.45, 2.75) is 0 Å². The zero-order valence-electron chi connectivity index (χ0n) is 10.7. The van der Waals surface area contributed by atoms with E-state index >= 15 is 0 Å². The Labute approximate surface area is 111 Å². The van der Waals surface area contributed by atoms with Crippen LogP contribution in [0.15, 0.2) is 48.5 Å². The van der Waals surface area contributed by atoms with Crippen molar-refractivity contribution in [3.63, 3.8) is 0 Å². The second kappa shape index (κ2) is 5.39. The fraction of sp³-hybridized carbons (Fsp3) is 0.143. The SMILES string of the molecule is COc1cccc(N(C)c2ccc([N+](=O)[O-])cc2)c1. The quantitative estimate of drug-likeness (QED) is 0.623. The van der Waals surface area contributed by atoms with Gasteiger partial charge in [-0.3, -0.25) is 10.1 Å². The van der Waals surface area contributed by atoms with Gasteiger partial charge < -0.3 is 9.64 Å². The molecule has 0 aliphatic heterocycles. The molecule has 0 aliphatic carbocycles. The van der Waals surface area contributed by atoms with Crippen molar-refractivity contribution in [1.29, 1.82) is 0 Å². The number of nitro groups is 1. The van der Waals surface area contributed by atoms with Crippen LogP contribution in [0.4, 0.5) is 17.1 Å². The van der Waals surface area contributed by atoms with Crippen LogP contribution in [0.3, 0.4) is 0 Å². The van der Waals surface area contributed by atoms with Crippen molar-refractivity contribution in [1.82, 2.24) is 0 Å². The molecule has 5 nitrogen and oxygen atoms in total. The molecule has 0 fully saturated rings. The molecule has 2 aromatic rings. The lowest BCUT2D eigenvalue weighted by molar-refractivity contribution is -0.384. The number of hydrogen-bond acceptors (Lipinski definition) is 4. The Morgan fingerprint density at radius 3 is 2.37 bits per heavy atom. The van der Waals surface area contributed by atoms with E-state index in [1.54, 1.807) is 19.2 Å². The minimum atomic E-state index is -0.407. The summed E-state index contributed by atoms with van der Waals surface area (Å²) >= 11 is 0. The molecule has 0 saturated heterocycles. The Morgan fingerprint density at radius 2 is 1.79 bits per heavy atom. The summed E-state index contributed by atoms with van der Waals surface area (Å²) in [5.74, 6) is 0.770. The van der Waals surface area contributed by atoms with E-state index in [2.05, 4.69) is 0 Å². The molecule has 19 heavy (non-hydrogen) atoms. The van der Waals surface area contributed by atoms with Crippen molar-refractivity contribution < 1.29 is 9.66 Å². The van der Waals surface area contributed by atoms with Crippen molar-refractivity contribution in [3.8, 4) is 5.75 Å². The van der Waals surface area contributed by atoms with Crippen LogP contribution >= 0.6 is 0 Å². The molecule has 0 saturated carbocycles. The highest BCUT2D eigenvalue weighted by molar-refractivity contribution is 5.64. The van der Waals surface area contributed by atoms with Crippen LogP contribution in [0.2, 0.25) is 0 Å². The monoisotopic (exact) mass is 258 g/mol. The van der Waals surface area contributed by atoms with Crippen LogP contribution in [0.25, 0.3) is 0 Å². The molecule has 0 amide bonds. The smallest absolute Gasteiger partial charge is 0.269 e. The third-order valence-corrected chi connectivity index (χ3v) is 2.89. The van der Waals surface area contributed by atoms with E-state index in [9.17, 15) is 10.1 Å². The van der Waals surface area contributed by atoms with E-state index < -0.39 is 4.92 Å². The van der Waals surface area contributed by atoms with Crippen LogP contribution in [-0.4, -0.2) is 19.1 Å². The Bertz CT molecular complexity index is 581. The first-order valence-electron chi connectivity index (χ1n) is 5.74. The summed E-state index contributed by atoms with van der Waals surface area (Å²) in [6.07, 6.45) is 0. The van der Waals surface area contributed by atoms with E-state index in [0.717, 1.165) is 17.1 Å². The van der Waals surface area contributed by atoms with Crippen LogP contribution in [0.5, 0.6) is 5.75 Å². The van der Waals surface area contributed by atoms with Crippen LogP contribution < -0.4 is 9.64 Å². The lowest BCUT2D eigenvalue weighted by atomic mass is 10.2. The largest absolute Gasteiger partial charge is 0.497 e. The molecule has 0 spiro atoms. The number of hydrogen-bond donors (Lipinski definition) is 0. The summed E-state index contributed by atoms with van der Waals surface area (Å²) in [5, 5.41) is 10.6. The number of anilines is 2. The van der Waals surface area contributed by atoms with Crippen molar-refractivity contribution in [2.24, 2.45) is 0 Å². The first kappa shape index (κ1) is 12.9. The second-order valence-corrected chi connectivity index (χ2v) is 4.03. The van der Waals surface area contributed by atoms with E-state index in [0.29, 0.717) is 0 Å². The van der Waals surface area contributed by atoms with Crippen molar-refractivity contribution in [2.75, 3.05) is 19.1 Å². The number of methoxy groups -OCH3 is 1. The standard InChI is InChI=1S/C14H14N2O3/c1-15(13-4-3-5-14(10-13)19-2)11-6-8-12(9-7-11)16(17)18/h3-10H,1-2H3. The molecule has 0 heterocycles. The number of non-ortho nitro benzene ring substituents is 1. The van der Waals surface area contributed by atoms with Gasteiger partial charge in [0.05, 0.1) is 12.0 Å². The Kier molecular flexibility index (Phi) is 3.66. The van der Waals surface area contributed by atoms with Crippen molar-refractivity contribution >= 4 is 17.1 Å². The van der Waals surface area contributed by atoms with Gasteiger partial charge in [0, 0.05) is 36.6 Å². The average molecular weight is 258 g/mol. The number of ether oxygens (including phenoxy) is 1. The first-order valence-corrected chi connectivity index (χ1v) is 5.74. The molecule has 0 radical (unpaired) electrons. The summed E-state index contributed by atoms with van der Waals surface area (Å²) in [6, 6.07) is 14.0. The molecule has 0 N–H and O–H groups in total. The number of nitro benzene ring substituents is 1. The van der Waals surface area contributed by atoms with Gasteiger partial charge in [-0.15, -0.1) is 0 Å². The van der Waals surface area contributed by atoms with Gasteiger partial charge in [0.15, 0.2) is 0 Å². The lowest BCUT2D eigenvalue weighted by Gasteiger charge is -2.19. The summed E-state index contributed by atoms with van der Waals surface area (Å²) in [4.78, 5) is 12.1. The molecular formula is C14H14N2O3. The molecule has 0 bridgehead atoms. The molecular weight excluding hydrogens is 244 g/mol. The predicted octanol–water partition coefficient (Wildman–Crippen LogP) is 3.37. The van der Waals surface area contributed by atoms with Gasteiger partial charge in [-0.05, 0) is 24.3 Å². The molecule has 2 aromatic carbocycles. The Balaban J connectivity index is 2.27. The second-order valence-electron chi connectivity index (χ2n) is 4.03. The highest BCUT2D eigenvalue weighted by atomic mass is 16.6. The normalized spacial score (nSPS) is 10.0. The van der Waals surface area contributed by atoms with Gasteiger partial charge >= 0.3 is 0 Å². The van der Waals surface area contributed by atoms with E-state index in [4.69, 9.17) is 4.74 Å². The molecule has 0 aliphatic rings. The molecule has 2 rings (SSSR count). The maximum atomic E-state index is 10.6. The highest BCUT2D eigenvalue weighted by Crippen LogP contribution is 2.27. The molecule has 0 aromatic heterocycles. The van der Waals surface area contributed by atoms with Gasteiger partial charge in [0.1, 0.15) is 5.75 Å².